The highest BCUT2D eigenvalue weighted by Crippen LogP contribution is 2.35. The molecular weight excluding hydrogens is 450 g/mol. The number of hydrogen-bond donors (Lipinski definition) is 4. The lowest BCUT2D eigenvalue weighted by Gasteiger charge is -2.20. The van der Waals surface area contributed by atoms with E-state index in [2.05, 4.69) is 32.5 Å². The van der Waals surface area contributed by atoms with Gasteiger partial charge in [0.2, 0.25) is 11.9 Å². The number of carbonyl (C=O) groups is 1. The first-order valence-electron chi connectivity index (χ1n) is 10.2. The van der Waals surface area contributed by atoms with E-state index in [1.54, 1.807) is 30.3 Å². The Hall–Kier alpha value is -3.90. The molecule has 0 atom stereocenters. The van der Waals surface area contributed by atoms with Crippen LogP contribution in [0.4, 0.5) is 42.0 Å². The predicted molar refractivity (Wildman–Crippen MR) is 123 cm³/mol. The van der Waals surface area contributed by atoms with Crippen LogP contribution in [0, 0.1) is 0 Å². The first-order chi connectivity index (χ1) is 16.2. The third kappa shape index (κ3) is 5.35. The van der Waals surface area contributed by atoms with E-state index in [1.165, 1.54) is 12.1 Å². The first kappa shape index (κ1) is 23.3. The van der Waals surface area contributed by atoms with Crippen LogP contribution in [-0.2, 0) is 22.0 Å². The second-order valence-electron chi connectivity index (χ2n) is 7.36. The molecule has 1 aliphatic rings. The number of aromatic nitrogens is 2. The molecule has 4 N–H and O–H groups in total. The van der Waals surface area contributed by atoms with E-state index >= 15 is 0 Å². The Morgan fingerprint density at radius 2 is 1.91 bits per heavy atom. The third-order valence-corrected chi connectivity index (χ3v) is 4.99. The third-order valence-electron chi connectivity index (χ3n) is 4.99. The van der Waals surface area contributed by atoms with Gasteiger partial charge in [0.25, 0.3) is 0 Å². The van der Waals surface area contributed by atoms with Gasteiger partial charge in [0, 0.05) is 29.9 Å². The maximum absolute atomic E-state index is 13.6. The molecule has 1 aliphatic heterocycles. The molecule has 0 bridgehead atoms. The van der Waals surface area contributed by atoms with Crippen molar-refractivity contribution >= 4 is 47.3 Å². The zero-order chi connectivity index (χ0) is 24.3. The van der Waals surface area contributed by atoms with Gasteiger partial charge in [-0.1, -0.05) is 18.7 Å². The summed E-state index contributed by atoms with van der Waals surface area (Å²) in [7, 11) is -1.08. The van der Waals surface area contributed by atoms with Gasteiger partial charge in [-0.15, -0.1) is 0 Å². The molecule has 0 radical (unpaired) electrons. The lowest BCUT2D eigenvalue weighted by Crippen LogP contribution is -2.41. The van der Waals surface area contributed by atoms with Crippen LogP contribution in [0.15, 0.2) is 61.3 Å². The van der Waals surface area contributed by atoms with Gasteiger partial charge in [-0.25, -0.2) is 4.98 Å². The molecule has 0 aliphatic carbocycles. The Morgan fingerprint density at radius 1 is 1.15 bits per heavy atom. The SMILES string of the molecule is C=CC(=O)Nc1cccc(Nc2nc(Nc3ccc4c(c3)B(O)OCC4)ncc2C(F)(F)F)c1. The number of nitrogens with zero attached hydrogens (tertiary/aromatic N) is 2. The Balaban J connectivity index is 1.62. The highest BCUT2D eigenvalue weighted by Gasteiger charge is 2.35. The van der Waals surface area contributed by atoms with E-state index in [9.17, 15) is 23.0 Å². The molecule has 0 unspecified atom stereocenters. The molecule has 1 aromatic heterocycles. The van der Waals surface area contributed by atoms with Gasteiger partial charge in [0.05, 0.1) is 0 Å². The van der Waals surface area contributed by atoms with E-state index in [-0.39, 0.29) is 11.6 Å². The van der Waals surface area contributed by atoms with E-state index in [0.717, 1.165) is 11.6 Å². The van der Waals surface area contributed by atoms with Crippen LogP contribution in [0.5, 0.6) is 0 Å². The number of amides is 1. The van der Waals surface area contributed by atoms with E-state index in [4.69, 9.17) is 4.65 Å². The molecular formula is C22H19BF3N5O3. The van der Waals surface area contributed by atoms with Crippen molar-refractivity contribution in [2.75, 3.05) is 22.6 Å². The largest absolute Gasteiger partial charge is 0.491 e. The first-order valence-corrected chi connectivity index (χ1v) is 10.2. The van der Waals surface area contributed by atoms with Gasteiger partial charge in [0.1, 0.15) is 11.4 Å². The van der Waals surface area contributed by atoms with Crippen molar-refractivity contribution in [3.05, 3.63) is 72.4 Å². The normalized spacial score (nSPS) is 13.1. The molecule has 0 saturated heterocycles. The van der Waals surface area contributed by atoms with Crippen LogP contribution in [0.1, 0.15) is 11.1 Å². The Labute approximate surface area is 193 Å². The number of rotatable bonds is 6. The lowest BCUT2D eigenvalue weighted by atomic mass is 9.73. The van der Waals surface area contributed by atoms with Gasteiger partial charge in [-0.05, 0) is 53.9 Å². The zero-order valence-electron chi connectivity index (χ0n) is 17.7. The van der Waals surface area contributed by atoms with Crippen LogP contribution in [0.2, 0.25) is 0 Å². The molecule has 0 saturated carbocycles. The Bertz CT molecular complexity index is 1240. The zero-order valence-corrected chi connectivity index (χ0v) is 17.7. The second-order valence-corrected chi connectivity index (χ2v) is 7.36. The highest BCUT2D eigenvalue weighted by atomic mass is 19.4. The van der Waals surface area contributed by atoms with Crippen LogP contribution in [0.3, 0.4) is 0 Å². The summed E-state index contributed by atoms with van der Waals surface area (Å²) in [5, 5.41) is 18.1. The van der Waals surface area contributed by atoms with Crippen molar-refractivity contribution in [3.63, 3.8) is 0 Å². The maximum atomic E-state index is 13.6. The number of hydrogen-bond acceptors (Lipinski definition) is 7. The average Bonchev–Trinajstić information content (AvgIpc) is 2.79. The van der Waals surface area contributed by atoms with Crippen LogP contribution < -0.4 is 21.4 Å². The number of halogens is 3. The summed E-state index contributed by atoms with van der Waals surface area (Å²) in [6.07, 6.45) is -2.31. The van der Waals surface area contributed by atoms with Crippen molar-refractivity contribution in [2.24, 2.45) is 0 Å². The van der Waals surface area contributed by atoms with Gasteiger partial charge < -0.3 is 25.6 Å². The molecule has 1 amide bonds. The summed E-state index contributed by atoms with van der Waals surface area (Å²) < 4.78 is 46.0. The molecule has 174 valence electrons. The van der Waals surface area contributed by atoms with E-state index < -0.39 is 30.6 Å². The summed E-state index contributed by atoms with van der Waals surface area (Å²) in [5.74, 6) is -1.02. The molecule has 2 aromatic carbocycles. The molecule has 4 rings (SSSR count). The van der Waals surface area contributed by atoms with Crippen molar-refractivity contribution in [2.45, 2.75) is 12.6 Å². The van der Waals surface area contributed by atoms with E-state index in [1.807, 2.05) is 0 Å². The summed E-state index contributed by atoms with van der Waals surface area (Å²) in [5.41, 5.74) is 1.54. The van der Waals surface area contributed by atoms with Gasteiger partial charge in [-0.2, -0.15) is 18.2 Å². The molecule has 12 heteroatoms. The Kier molecular flexibility index (Phi) is 6.53. The molecule has 8 nitrogen and oxygen atoms in total. The monoisotopic (exact) mass is 469 g/mol. The summed E-state index contributed by atoms with van der Waals surface area (Å²) in [4.78, 5) is 19.3. The fourth-order valence-corrected chi connectivity index (χ4v) is 3.38. The number of benzene rings is 2. The predicted octanol–water partition coefficient (Wildman–Crippen LogP) is 3.37. The molecule has 2 heterocycles. The number of anilines is 5. The molecule has 0 fully saturated rings. The minimum atomic E-state index is -4.71. The highest BCUT2D eigenvalue weighted by molar-refractivity contribution is 6.61. The number of fused-ring (bicyclic) bond motifs is 1. The van der Waals surface area contributed by atoms with Gasteiger partial charge >= 0.3 is 13.3 Å². The summed E-state index contributed by atoms with van der Waals surface area (Å²) in [6.45, 7) is 3.76. The van der Waals surface area contributed by atoms with Crippen LogP contribution >= 0.6 is 0 Å². The van der Waals surface area contributed by atoms with Crippen molar-refractivity contribution in [1.82, 2.24) is 9.97 Å². The molecule has 3 aromatic rings. The average molecular weight is 469 g/mol. The number of nitrogens with one attached hydrogen (secondary N) is 3. The van der Waals surface area contributed by atoms with Crippen molar-refractivity contribution in [3.8, 4) is 0 Å². The Morgan fingerprint density at radius 3 is 2.68 bits per heavy atom. The minimum Gasteiger partial charge on any atom is -0.423 e. The van der Waals surface area contributed by atoms with Gasteiger partial charge in [0.15, 0.2) is 0 Å². The summed E-state index contributed by atoms with van der Waals surface area (Å²) in [6, 6.07) is 11.3. The van der Waals surface area contributed by atoms with Gasteiger partial charge in [-0.3, -0.25) is 4.79 Å². The van der Waals surface area contributed by atoms with Crippen LogP contribution in [0.25, 0.3) is 0 Å². The number of alkyl halides is 3. The van der Waals surface area contributed by atoms with Crippen molar-refractivity contribution < 1.29 is 27.6 Å². The fourth-order valence-electron chi connectivity index (χ4n) is 3.38. The molecule has 34 heavy (non-hydrogen) atoms. The van der Waals surface area contributed by atoms with Crippen LogP contribution in [-0.4, -0.2) is 34.6 Å². The number of carbonyl (C=O) groups excluding carboxylic acids is 1. The van der Waals surface area contributed by atoms with E-state index in [0.29, 0.717) is 36.1 Å². The minimum absolute atomic E-state index is 0.0854. The van der Waals surface area contributed by atoms with Crippen molar-refractivity contribution in [1.29, 1.82) is 0 Å². The second kappa shape index (κ2) is 9.53. The topological polar surface area (TPSA) is 108 Å². The maximum Gasteiger partial charge on any atom is 0.491 e. The molecule has 0 spiro atoms. The lowest BCUT2D eigenvalue weighted by molar-refractivity contribution is -0.137. The quantitative estimate of drug-likeness (QED) is 0.324. The fraction of sp³-hybridized carbons (Fsp3) is 0.136. The standard InChI is InChI=1S/C22H19BF3N5O3/c1-2-19(32)28-14-4-3-5-15(10-14)29-20-17(22(24,25)26)12-27-21(31-20)30-16-7-6-13-8-9-34-23(33)18(13)11-16/h2-7,10-12,33H,1,8-9H2,(H,28,32)(H2,27,29,30,31). The smallest absolute Gasteiger partial charge is 0.423 e. The summed E-state index contributed by atoms with van der Waals surface area (Å²) >= 11 is 0.